The zero-order valence-electron chi connectivity index (χ0n) is 13.1. The van der Waals surface area contributed by atoms with Gasteiger partial charge in [-0.15, -0.1) is 9.45 Å². The number of amides is 2. The number of hydrogen-bond acceptors (Lipinski definition) is 5. The van der Waals surface area contributed by atoms with E-state index in [1.54, 1.807) is 7.05 Å². The van der Waals surface area contributed by atoms with Gasteiger partial charge in [0.25, 0.3) is 0 Å². The highest BCUT2D eigenvalue weighted by Crippen LogP contribution is 2.06. The van der Waals surface area contributed by atoms with E-state index in [0.717, 1.165) is 18.7 Å². The van der Waals surface area contributed by atoms with E-state index in [-0.39, 0.29) is 27.3 Å². The van der Waals surface area contributed by atoms with Crippen LogP contribution >= 0.6 is 0 Å². The average molecular weight is 337 g/mol. The SMILES string of the molecule is CNC(CCC(C)CNC(=O)CNCCS(C)=S)C(N)=O. The summed E-state index contributed by atoms with van der Waals surface area (Å²) in [5.41, 5.74) is 5.26. The van der Waals surface area contributed by atoms with Gasteiger partial charge in [-0.05, 0) is 32.1 Å². The lowest BCUT2D eigenvalue weighted by Crippen LogP contribution is -2.40. The van der Waals surface area contributed by atoms with Gasteiger partial charge in [0.2, 0.25) is 11.8 Å². The topological polar surface area (TPSA) is 96.2 Å². The molecule has 0 aromatic heterocycles. The second kappa shape index (κ2) is 12.0. The summed E-state index contributed by atoms with van der Waals surface area (Å²) in [6, 6.07) is -0.300. The van der Waals surface area contributed by atoms with Crippen LogP contribution in [0.5, 0.6) is 0 Å². The third-order valence-electron chi connectivity index (χ3n) is 3.14. The van der Waals surface area contributed by atoms with E-state index in [0.29, 0.717) is 25.4 Å². The minimum absolute atomic E-state index is 0.00810. The van der Waals surface area contributed by atoms with Gasteiger partial charge in [0.05, 0.1) is 12.6 Å². The van der Waals surface area contributed by atoms with Crippen LogP contribution in [0.3, 0.4) is 0 Å². The van der Waals surface area contributed by atoms with Gasteiger partial charge >= 0.3 is 0 Å². The van der Waals surface area contributed by atoms with Crippen molar-refractivity contribution in [3.05, 3.63) is 0 Å². The van der Waals surface area contributed by atoms with Crippen LogP contribution in [0, 0.1) is 5.92 Å². The highest BCUT2D eigenvalue weighted by Gasteiger charge is 2.14. The summed E-state index contributed by atoms with van der Waals surface area (Å²) in [6.07, 6.45) is 3.51. The molecule has 3 unspecified atom stereocenters. The van der Waals surface area contributed by atoms with E-state index < -0.39 is 0 Å². The number of nitrogens with two attached hydrogens (primary N) is 1. The molecule has 3 atom stereocenters. The number of carbonyl (C=O) groups is 2. The largest absolute Gasteiger partial charge is 0.368 e. The number of hydrogen-bond donors (Lipinski definition) is 4. The third-order valence-corrected chi connectivity index (χ3v) is 4.42. The molecule has 6 nitrogen and oxygen atoms in total. The first-order valence-corrected chi connectivity index (χ1v) is 9.83. The minimum atomic E-state index is -0.338. The Hall–Kier alpha value is -0.570. The van der Waals surface area contributed by atoms with Gasteiger partial charge < -0.3 is 21.7 Å². The zero-order chi connectivity index (χ0) is 16.3. The summed E-state index contributed by atoms with van der Waals surface area (Å²) in [5.74, 6) is 0.868. The van der Waals surface area contributed by atoms with E-state index in [2.05, 4.69) is 16.0 Å². The molecular formula is C13H28N4O2S2. The smallest absolute Gasteiger partial charge is 0.234 e. The normalized spacial score (nSPS) is 15.2. The van der Waals surface area contributed by atoms with Crippen LogP contribution in [0.4, 0.5) is 0 Å². The Kier molecular flexibility index (Phi) is 11.7. The number of primary amides is 1. The first-order chi connectivity index (χ1) is 9.86. The van der Waals surface area contributed by atoms with Crippen LogP contribution in [0.1, 0.15) is 19.8 Å². The third kappa shape index (κ3) is 11.7. The second-order valence-corrected chi connectivity index (χ2v) is 8.45. The number of rotatable bonds is 12. The van der Waals surface area contributed by atoms with Crippen LogP contribution < -0.4 is 21.7 Å². The predicted molar refractivity (Wildman–Crippen MR) is 91.8 cm³/mol. The number of likely N-dealkylation sites (N-methyl/N-ethyl adjacent to an activating group) is 1. The molecule has 0 fully saturated rings. The zero-order valence-corrected chi connectivity index (χ0v) is 14.7. The van der Waals surface area contributed by atoms with Crippen LogP contribution in [0.2, 0.25) is 0 Å². The highest BCUT2D eigenvalue weighted by atomic mass is 32.8. The molecule has 8 heteroatoms. The lowest BCUT2D eigenvalue weighted by Gasteiger charge is -2.16. The first kappa shape index (κ1) is 20.4. The van der Waals surface area contributed by atoms with E-state index in [9.17, 15) is 9.59 Å². The molecule has 0 radical (unpaired) electrons. The van der Waals surface area contributed by atoms with Crippen LogP contribution in [0.25, 0.3) is 0 Å². The highest BCUT2D eigenvalue weighted by molar-refractivity contribution is 8.28. The van der Waals surface area contributed by atoms with E-state index in [1.165, 1.54) is 0 Å². The molecule has 0 aromatic carbocycles. The number of carbonyl (C=O) groups excluding carboxylic acids is 2. The van der Waals surface area contributed by atoms with Crippen molar-refractivity contribution in [2.45, 2.75) is 25.8 Å². The molecule has 0 rings (SSSR count). The van der Waals surface area contributed by atoms with Crippen molar-refractivity contribution >= 4 is 32.5 Å². The molecule has 21 heavy (non-hydrogen) atoms. The molecule has 0 heterocycles. The molecule has 0 bridgehead atoms. The van der Waals surface area contributed by atoms with Crippen molar-refractivity contribution in [3.8, 4) is 0 Å². The summed E-state index contributed by atoms with van der Waals surface area (Å²) in [5, 5.41) is 8.84. The molecular weight excluding hydrogens is 308 g/mol. The maximum absolute atomic E-state index is 11.6. The molecule has 0 aliphatic heterocycles. The van der Waals surface area contributed by atoms with Crippen molar-refractivity contribution in [1.29, 1.82) is 0 Å². The van der Waals surface area contributed by atoms with Crippen LogP contribution in [0.15, 0.2) is 0 Å². The maximum Gasteiger partial charge on any atom is 0.234 e. The summed E-state index contributed by atoms with van der Waals surface area (Å²) in [7, 11) is 1.71. The Balaban J connectivity index is 3.72. The lowest BCUT2D eigenvalue weighted by atomic mass is 10.0. The summed E-state index contributed by atoms with van der Waals surface area (Å²) < 4.78 is 0. The quantitative estimate of drug-likeness (QED) is 0.339. The van der Waals surface area contributed by atoms with Gasteiger partial charge in [-0.1, -0.05) is 18.1 Å². The van der Waals surface area contributed by atoms with Gasteiger partial charge in [0, 0.05) is 18.8 Å². The fourth-order valence-electron chi connectivity index (χ4n) is 1.75. The molecule has 2 amide bonds. The summed E-state index contributed by atoms with van der Waals surface area (Å²) in [4.78, 5) is 22.7. The Labute approximate surface area is 134 Å². The van der Waals surface area contributed by atoms with Crippen LogP contribution in [-0.2, 0) is 30.2 Å². The molecule has 124 valence electrons. The predicted octanol–water partition coefficient (Wildman–Crippen LogP) is -1.11. The minimum Gasteiger partial charge on any atom is -0.368 e. The van der Waals surface area contributed by atoms with E-state index in [4.69, 9.17) is 16.9 Å². The Morgan fingerprint density at radius 2 is 2.00 bits per heavy atom. The summed E-state index contributed by atoms with van der Waals surface area (Å²) >= 11 is 5.07. The fraction of sp³-hybridized carbons (Fsp3) is 0.846. The van der Waals surface area contributed by atoms with Crippen molar-refractivity contribution in [2.24, 2.45) is 11.7 Å². The molecule has 0 aliphatic carbocycles. The Bertz CT molecular complexity index is 353. The molecule has 0 aromatic rings. The monoisotopic (exact) mass is 336 g/mol. The molecule has 0 aliphatic rings. The summed E-state index contributed by atoms with van der Waals surface area (Å²) in [6.45, 7) is 3.74. The van der Waals surface area contributed by atoms with Gasteiger partial charge in [-0.25, -0.2) is 0 Å². The van der Waals surface area contributed by atoms with Crippen molar-refractivity contribution in [1.82, 2.24) is 16.0 Å². The van der Waals surface area contributed by atoms with E-state index >= 15 is 0 Å². The number of nitrogens with one attached hydrogen (secondary N) is 3. The standard InChI is InChI=1S/C13H28N4O2S2/c1-10(4-5-11(15-2)13(14)19)8-17-12(18)9-16-6-7-21(3)20/h10-11,15-16H,4-9H2,1-3H3,(H2,14,19)(H,17,18). The van der Waals surface area contributed by atoms with Gasteiger partial charge in [-0.2, -0.15) is 0 Å². The van der Waals surface area contributed by atoms with E-state index in [1.807, 2.05) is 13.2 Å². The Morgan fingerprint density at radius 3 is 2.52 bits per heavy atom. The lowest BCUT2D eigenvalue weighted by molar-refractivity contribution is -0.121. The molecule has 0 spiro atoms. The molecule has 5 N–H and O–H groups in total. The Morgan fingerprint density at radius 1 is 1.33 bits per heavy atom. The van der Waals surface area contributed by atoms with Crippen LogP contribution in [-0.4, -0.2) is 56.5 Å². The molecule has 0 saturated heterocycles. The average Bonchev–Trinajstić information content (AvgIpc) is 2.41. The molecule has 0 saturated carbocycles. The first-order valence-electron chi connectivity index (χ1n) is 7.10. The second-order valence-electron chi connectivity index (χ2n) is 5.18. The van der Waals surface area contributed by atoms with Gasteiger partial charge in [0.1, 0.15) is 0 Å². The van der Waals surface area contributed by atoms with Crippen molar-refractivity contribution < 1.29 is 9.59 Å². The van der Waals surface area contributed by atoms with Gasteiger partial charge in [-0.3, -0.25) is 9.59 Å². The van der Waals surface area contributed by atoms with Gasteiger partial charge in [0.15, 0.2) is 0 Å². The van der Waals surface area contributed by atoms with Crippen molar-refractivity contribution in [3.63, 3.8) is 0 Å². The fourth-order valence-corrected chi connectivity index (χ4v) is 2.43. The maximum atomic E-state index is 11.6. The van der Waals surface area contributed by atoms with Crippen molar-refractivity contribution in [2.75, 3.05) is 38.7 Å².